The molecular weight excluding hydrogens is 210 g/mol. The van der Waals surface area contributed by atoms with Gasteiger partial charge >= 0.3 is 0 Å². The van der Waals surface area contributed by atoms with Crippen molar-refractivity contribution in [3.63, 3.8) is 0 Å². The first-order chi connectivity index (χ1) is 7.41. The highest BCUT2D eigenvalue weighted by atomic mass is 16.3. The number of primary amides is 1. The van der Waals surface area contributed by atoms with Crippen molar-refractivity contribution in [2.24, 2.45) is 11.5 Å². The van der Waals surface area contributed by atoms with Gasteiger partial charge in [-0.1, -0.05) is 0 Å². The van der Waals surface area contributed by atoms with Gasteiger partial charge in [-0.2, -0.15) is 0 Å². The van der Waals surface area contributed by atoms with E-state index in [4.69, 9.17) is 11.5 Å². The molecular formula is C10H19N3O3. The number of carbonyl (C=O) groups is 2. The molecule has 6 heteroatoms. The lowest BCUT2D eigenvalue weighted by molar-refractivity contribution is -0.137. The topological polar surface area (TPSA) is 110 Å². The van der Waals surface area contributed by atoms with Gasteiger partial charge in [0.1, 0.15) is 6.04 Å². The molecule has 16 heavy (non-hydrogen) atoms. The molecule has 0 saturated carbocycles. The van der Waals surface area contributed by atoms with Crippen LogP contribution in [0.25, 0.3) is 0 Å². The zero-order chi connectivity index (χ0) is 12.3. The van der Waals surface area contributed by atoms with Crippen molar-refractivity contribution in [1.29, 1.82) is 0 Å². The van der Waals surface area contributed by atoms with Crippen molar-refractivity contribution in [3.05, 3.63) is 0 Å². The van der Waals surface area contributed by atoms with E-state index in [1.807, 2.05) is 6.92 Å². The van der Waals surface area contributed by atoms with Gasteiger partial charge in [-0.05, 0) is 13.3 Å². The Kier molecular flexibility index (Phi) is 4.26. The third-order valence-corrected chi connectivity index (χ3v) is 2.74. The van der Waals surface area contributed by atoms with E-state index in [2.05, 4.69) is 0 Å². The summed E-state index contributed by atoms with van der Waals surface area (Å²) in [4.78, 5) is 24.2. The number of hydrogen-bond acceptors (Lipinski definition) is 4. The van der Waals surface area contributed by atoms with E-state index >= 15 is 0 Å². The van der Waals surface area contributed by atoms with Crippen molar-refractivity contribution >= 4 is 11.8 Å². The minimum absolute atomic E-state index is 0.0523. The van der Waals surface area contributed by atoms with Gasteiger partial charge in [0.05, 0.1) is 6.10 Å². The van der Waals surface area contributed by atoms with E-state index in [-0.39, 0.29) is 31.3 Å². The second kappa shape index (κ2) is 5.27. The summed E-state index contributed by atoms with van der Waals surface area (Å²) >= 11 is 0. The highest BCUT2D eigenvalue weighted by molar-refractivity contribution is 5.87. The first-order valence-corrected chi connectivity index (χ1v) is 5.44. The van der Waals surface area contributed by atoms with E-state index in [1.54, 1.807) is 0 Å². The van der Waals surface area contributed by atoms with Crippen LogP contribution in [0.3, 0.4) is 0 Å². The normalized spacial score (nSPS) is 26.8. The van der Waals surface area contributed by atoms with Gasteiger partial charge < -0.3 is 21.5 Å². The van der Waals surface area contributed by atoms with Crippen molar-refractivity contribution in [2.75, 3.05) is 6.54 Å². The smallest absolute Gasteiger partial charge is 0.240 e. The minimum Gasteiger partial charge on any atom is -0.391 e. The second-order valence-corrected chi connectivity index (χ2v) is 4.37. The van der Waals surface area contributed by atoms with Gasteiger partial charge in [-0.25, -0.2) is 0 Å². The zero-order valence-electron chi connectivity index (χ0n) is 9.43. The predicted molar refractivity (Wildman–Crippen MR) is 58.2 cm³/mol. The number of likely N-dealkylation sites (tertiary alicyclic amines) is 1. The van der Waals surface area contributed by atoms with Crippen LogP contribution in [0.5, 0.6) is 0 Å². The van der Waals surface area contributed by atoms with Gasteiger partial charge in [0.2, 0.25) is 11.8 Å². The molecule has 1 aliphatic heterocycles. The zero-order valence-corrected chi connectivity index (χ0v) is 9.43. The molecule has 0 aromatic heterocycles. The molecule has 1 saturated heterocycles. The molecule has 5 N–H and O–H groups in total. The number of aliphatic hydroxyl groups is 1. The Morgan fingerprint density at radius 1 is 1.56 bits per heavy atom. The highest BCUT2D eigenvalue weighted by Crippen LogP contribution is 2.19. The number of amides is 2. The fourth-order valence-corrected chi connectivity index (χ4v) is 1.85. The highest BCUT2D eigenvalue weighted by Gasteiger charge is 2.37. The van der Waals surface area contributed by atoms with Crippen LogP contribution in [-0.4, -0.2) is 46.6 Å². The molecule has 3 unspecified atom stereocenters. The predicted octanol–water partition coefficient (Wildman–Crippen LogP) is -1.44. The number of nitrogens with two attached hydrogens (primary N) is 2. The Balaban J connectivity index is 2.56. The van der Waals surface area contributed by atoms with Crippen LogP contribution < -0.4 is 11.5 Å². The lowest BCUT2D eigenvalue weighted by atomic mass is 10.1. The van der Waals surface area contributed by atoms with Crippen LogP contribution in [0, 0.1) is 0 Å². The van der Waals surface area contributed by atoms with Crippen molar-refractivity contribution < 1.29 is 14.7 Å². The van der Waals surface area contributed by atoms with E-state index in [0.29, 0.717) is 6.42 Å². The van der Waals surface area contributed by atoms with Crippen LogP contribution in [0.2, 0.25) is 0 Å². The summed E-state index contributed by atoms with van der Waals surface area (Å²) < 4.78 is 0. The molecule has 0 bridgehead atoms. The SMILES string of the molecule is CC(N)CCC(=O)N1CC(O)CC1C(N)=O. The van der Waals surface area contributed by atoms with Gasteiger partial charge in [-0.15, -0.1) is 0 Å². The summed E-state index contributed by atoms with van der Waals surface area (Å²) in [7, 11) is 0. The number of nitrogens with zero attached hydrogens (tertiary/aromatic N) is 1. The average Bonchev–Trinajstić information content (AvgIpc) is 2.56. The number of β-amino-alcohol motifs (C(OH)–C–C–N with tert-alkyl or cyclic N) is 1. The Labute approximate surface area is 94.6 Å². The monoisotopic (exact) mass is 229 g/mol. The fourth-order valence-electron chi connectivity index (χ4n) is 1.85. The summed E-state index contributed by atoms with van der Waals surface area (Å²) in [6, 6.07) is -0.723. The second-order valence-electron chi connectivity index (χ2n) is 4.37. The number of aliphatic hydroxyl groups excluding tert-OH is 1. The van der Waals surface area contributed by atoms with Crippen molar-refractivity contribution in [3.8, 4) is 0 Å². The molecule has 1 heterocycles. The molecule has 0 aromatic carbocycles. The number of carbonyl (C=O) groups excluding carboxylic acids is 2. The van der Waals surface area contributed by atoms with Crippen LogP contribution >= 0.6 is 0 Å². The molecule has 2 amide bonds. The third-order valence-electron chi connectivity index (χ3n) is 2.74. The first kappa shape index (κ1) is 12.9. The van der Waals surface area contributed by atoms with Crippen LogP contribution in [-0.2, 0) is 9.59 Å². The summed E-state index contributed by atoms with van der Waals surface area (Å²) in [5.74, 6) is -0.733. The quantitative estimate of drug-likeness (QED) is 0.548. The van der Waals surface area contributed by atoms with Gasteiger partial charge in [0.15, 0.2) is 0 Å². The molecule has 0 aliphatic carbocycles. The molecule has 3 atom stereocenters. The van der Waals surface area contributed by atoms with Crippen LogP contribution in [0.4, 0.5) is 0 Å². The molecule has 6 nitrogen and oxygen atoms in total. The van der Waals surface area contributed by atoms with Crippen LogP contribution in [0.15, 0.2) is 0 Å². The Bertz CT molecular complexity index is 280. The van der Waals surface area contributed by atoms with E-state index in [0.717, 1.165) is 0 Å². The van der Waals surface area contributed by atoms with E-state index in [9.17, 15) is 14.7 Å². The maximum absolute atomic E-state index is 11.8. The molecule has 0 radical (unpaired) electrons. The average molecular weight is 229 g/mol. The lowest BCUT2D eigenvalue weighted by Crippen LogP contribution is -2.44. The number of rotatable bonds is 4. The fraction of sp³-hybridized carbons (Fsp3) is 0.800. The third kappa shape index (κ3) is 3.18. The van der Waals surface area contributed by atoms with E-state index in [1.165, 1.54) is 4.90 Å². The molecule has 1 fully saturated rings. The molecule has 1 rings (SSSR count). The Hall–Kier alpha value is -1.14. The van der Waals surface area contributed by atoms with Crippen molar-refractivity contribution in [2.45, 2.75) is 44.4 Å². The summed E-state index contributed by atoms with van der Waals surface area (Å²) in [6.07, 6.45) is 0.432. The summed E-state index contributed by atoms with van der Waals surface area (Å²) in [5, 5.41) is 9.42. The lowest BCUT2D eigenvalue weighted by Gasteiger charge is -2.22. The molecule has 0 spiro atoms. The molecule has 92 valence electrons. The van der Waals surface area contributed by atoms with Crippen LogP contribution in [0.1, 0.15) is 26.2 Å². The maximum Gasteiger partial charge on any atom is 0.240 e. The number of hydrogen-bond donors (Lipinski definition) is 3. The Morgan fingerprint density at radius 3 is 2.69 bits per heavy atom. The van der Waals surface area contributed by atoms with Gasteiger partial charge in [0.25, 0.3) is 0 Å². The standard InChI is InChI=1S/C10H19N3O3/c1-6(11)2-3-9(15)13-5-7(14)4-8(13)10(12)16/h6-8,14H,2-5,11H2,1H3,(H2,12,16). The van der Waals surface area contributed by atoms with Crippen molar-refractivity contribution in [1.82, 2.24) is 4.90 Å². The summed E-state index contributed by atoms with van der Waals surface area (Å²) in [6.45, 7) is 2.00. The minimum atomic E-state index is -0.671. The van der Waals surface area contributed by atoms with E-state index < -0.39 is 18.1 Å². The van der Waals surface area contributed by atoms with Gasteiger partial charge in [-0.3, -0.25) is 9.59 Å². The maximum atomic E-state index is 11.8. The summed E-state index contributed by atoms with van der Waals surface area (Å²) in [5.41, 5.74) is 10.7. The van der Waals surface area contributed by atoms with Gasteiger partial charge in [0, 0.05) is 25.4 Å². The first-order valence-electron chi connectivity index (χ1n) is 5.44. The Morgan fingerprint density at radius 2 is 2.19 bits per heavy atom. The largest absolute Gasteiger partial charge is 0.391 e. The molecule has 1 aliphatic rings. The molecule has 0 aromatic rings.